The first-order chi connectivity index (χ1) is 16.2. The van der Waals surface area contributed by atoms with Crippen LogP contribution in [0.25, 0.3) is 22.2 Å². The number of hydrogen-bond acceptors (Lipinski definition) is 5. The predicted molar refractivity (Wildman–Crippen MR) is 135 cm³/mol. The Bertz CT molecular complexity index is 1500. The molecule has 0 radical (unpaired) electrons. The number of aliphatic imine (C=N–C) groups is 1. The molecule has 7 heteroatoms. The molecule has 1 atom stereocenters. The molecule has 6 nitrogen and oxygen atoms in total. The van der Waals surface area contributed by atoms with Gasteiger partial charge in [0.1, 0.15) is 6.04 Å². The third kappa shape index (κ3) is 4.26. The van der Waals surface area contributed by atoms with Crippen molar-refractivity contribution in [3.63, 3.8) is 0 Å². The second kappa shape index (κ2) is 9.27. The van der Waals surface area contributed by atoms with E-state index < -0.39 is 22.0 Å². The molecule has 1 heterocycles. The minimum atomic E-state index is -3.90. The zero-order chi connectivity index (χ0) is 24.5. The summed E-state index contributed by atoms with van der Waals surface area (Å²) in [6.07, 6.45) is 0. The van der Waals surface area contributed by atoms with Gasteiger partial charge in [0.2, 0.25) is 0 Å². The SMILES string of the molecule is COC(=O)C(C)N=C(C)c1ccccc1-c1cc2ccccc2n1S(=O)(=O)c1ccc(C)cc1. The summed E-state index contributed by atoms with van der Waals surface area (Å²) in [6, 6.07) is 22.9. The number of rotatable bonds is 6. The van der Waals surface area contributed by atoms with Crippen LogP contribution in [0.1, 0.15) is 25.0 Å². The van der Waals surface area contributed by atoms with Crippen molar-refractivity contribution in [1.82, 2.24) is 3.97 Å². The van der Waals surface area contributed by atoms with Gasteiger partial charge in [-0.05, 0) is 45.0 Å². The molecule has 0 bridgehead atoms. The third-order valence-electron chi connectivity index (χ3n) is 5.75. The van der Waals surface area contributed by atoms with Crippen molar-refractivity contribution in [1.29, 1.82) is 0 Å². The summed E-state index contributed by atoms with van der Waals surface area (Å²) in [5, 5.41) is 0.806. The summed E-state index contributed by atoms with van der Waals surface area (Å²) in [5.74, 6) is -0.437. The number of benzene rings is 3. The van der Waals surface area contributed by atoms with Gasteiger partial charge in [0.15, 0.2) is 0 Å². The van der Waals surface area contributed by atoms with Gasteiger partial charge >= 0.3 is 5.97 Å². The van der Waals surface area contributed by atoms with Crippen LogP contribution in [0, 0.1) is 6.92 Å². The number of carbonyl (C=O) groups excluding carboxylic acids is 1. The highest BCUT2D eigenvalue weighted by molar-refractivity contribution is 7.90. The highest BCUT2D eigenvalue weighted by Gasteiger charge is 2.25. The molecule has 34 heavy (non-hydrogen) atoms. The summed E-state index contributed by atoms with van der Waals surface area (Å²) in [4.78, 5) is 16.6. The van der Waals surface area contributed by atoms with Crippen LogP contribution >= 0.6 is 0 Å². The number of hydrogen-bond donors (Lipinski definition) is 0. The molecule has 0 aliphatic carbocycles. The summed E-state index contributed by atoms with van der Waals surface area (Å²) < 4.78 is 33.9. The van der Waals surface area contributed by atoms with E-state index in [4.69, 9.17) is 4.74 Å². The maximum absolute atomic E-state index is 13.9. The number of fused-ring (bicyclic) bond motifs is 1. The normalized spacial score (nSPS) is 13.1. The van der Waals surface area contributed by atoms with Gasteiger partial charge in [-0.3, -0.25) is 4.99 Å². The largest absolute Gasteiger partial charge is 0.467 e. The zero-order valence-electron chi connectivity index (χ0n) is 19.5. The first kappa shape index (κ1) is 23.4. The van der Waals surface area contributed by atoms with Crippen molar-refractivity contribution in [3.8, 4) is 11.3 Å². The topological polar surface area (TPSA) is 77.7 Å². The van der Waals surface area contributed by atoms with E-state index in [2.05, 4.69) is 4.99 Å². The fraction of sp³-hybridized carbons (Fsp3) is 0.185. The van der Waals surface area contributed by atoms with Crippen LogP contribution in [0.5, 0.6) is 0 Å². The van der Waals surface area contributed by atoms with E-state index >= 15 is 0 Å². The van der Waals surface area contributed by atoms with Gasteiger partial charge in [0.05, 0.1) is 23.2 Å². The third-order valence-corrected chi connectivity index (χ3v) is 7.49. The fourth-order valence-electron chi connectivity index (χ4n) is 4.00. The molecule has 174 valence electrons. The fourth-order valence-corrected chi connectivity index (χ4v) is 5.52. The maximum atomic E-state index is 13.9. The summed E-state index contributed by atoms with van der Waals surface area (Å²) in [6.45, 7) is 5.39. The molecule has 0 fully saturated rings. The van der Waals surface area contributed by atoms with E-state index in [0.29, 0.717) is 22.5 Å². The van der Waals surface area contributed by atoms with Crippen molar-refractivity contribution in [2.75, 3.05) is 7.11 Å². The van der Waals surface area contributed by atoms with Crippen molar-refractivity contribution in [2.45, 2.75) is 31.7 Å². The number of nitrogens with zero attached hydrogens (tertiary/aromatic N) is 2. The van der Waals surface area contributed by atoms with E-state index in [-0.39, 0.29) is 4.90 Å². The lowest BCUT2D eigenvalue weighted by Gasteiger charge is -2.15. The number of methoxy groups -OCH3 is 1. The molecule has 0 spiro atoms. The van der Waals surface area contributed by atoms with Crippen molar-refractivity contribution in [2.24, 2.45) is 4.99 Å². The Labute approximate surface area is 199 Å². The van der Waals surface area contributed by atoms with Crippen molar-refractivity contribution < 1.29 is 17.9 Å². The summed E-state index contributed by atoms with van der Waals surface area (Å²) in [5.41, 5.74) is 4.14. The van der Waals surface area contributed by atoms with Gasteiger partial charge in [-0.2, -0.15) is 0 Å². The molecule has 0 aliphatic rings. The van der Waals surface area contributed by atoms with Gasteiger partial charge in [0, 0.05) is 22.2 Å². The summed E-state index contributed by atoms with van der Waals surface area (Å²) >= 11 is 0. The Balaban J connectivity index is 1.97. The first-order valence-electron chi connectivity index (χ1n) is 10.9. The van der Waals surface area contributed by atoms with E-state index in [1.54, 1.807) is 44.2 Å². The van der Waals surface area contributed by atoms with Crippen LogP contribution < -0.4 is 0 Å². The monoisotopic (exact) mass is 474 g/mol. The highest BCUT2D eigenvalue weighted by Crippen LogP contribution is 2.34. The van der Waals surface area contributed by atoms with Crippen LogP contribution in [-0.4, -0.2) is 37.2 Å². The lowest BCUT2D eigenvalue weighted by atomic mass is 10.0. The van der Waals surface area contributed by atoms with Crippen molar-refractivity contribution in [3.05, 3.63) is 90.0 Å². The smallest absolute Gasteiger partial charge is 0.330 e. The average Bonchev–Trinajstić information content (AvgIpc) is 3.24. The molecular formula is C27H26N2O4S. The predicted octanol–water partition coefficient (Wildman–Crippen LogP) is 5.22. The lowest BCUT2D eigenvalue weighted by molar-refractivity contribution is -0.141. The Hall–Kier alpha value is -3.71. The Kier molecular flexibility index (Phi) is 6.39. The van der Waals surface area contributed by atoms with E-state index in [1.807, 2.05) is 55.5 Å². The molecule has 0 amide bonds. The van der Waals surface area contributed by atoms with Gasteiger partial charge < -0.3 is 4.74 Å². The van der Waals surface area contributed by atoms with Crippen molar-refractivity contribution >= 4 is 32.6 Å². The maximum Gasteiger partial charge on any atom is 0.330 e. The van der Waals surface area contributed by atoms with Crippen LogP contribution in [0.3, 0.4) is 0 Å². The molecule has 1 aromatic heterocycles. The van der Waals surface area contributed by atoms with E-state index in [9.17, 15) is 13.2 Å². The standard InChI is InChI=1S/C27H26N2O4S/c1-18-13-15-22(16-14-18)34(31,32)29-25-12-8-5-9-21(25)17-26(29)24-11-7-6-10-23(24)19(2)28-20(3)27(30)33-4/h5-17,20H,1-4H3. The molecule has 4 rings (SSSR count). The van der Waals surface area contributed by atoms with Crippen LogP contribution in [0.15, 0.2) is 88.8 Å². The van der Waals surface area contributed by atoms with E-state index in [1.165, 1.54) is 11.1 Å². The molecular weight excluding hydrogens is 448 g/mol. The lowest BCUT2D eigenvalue weighted by Crippen LogP contribution is -2.18. The highest BCUT2D eigenvalue weighted by atomic mass is 32.2. The zero-order valence-corrected chi connectivity index (χ0v) is 20.3. The van der Waals surface area contributed by atoms with Crippen LogP contribution in [0.2, 0.25) is 0 Å². The minimum absolute atomic E-state index is 0.211. The number of aromatic nitrogens is 1. The Morgan fingerprint density at radius 2 is 1.62 bits per heavy atom. The second-order valence-electron chi connectivity index (χ2n) is 8.13. The van der Waals surface area contributed by atoms with Gasteiger partial charge in [-0.1, -0.05) is 60.2 Å². The number of para-hydroxylation sites is 1. The molecule has 1 unspecified atom stereocenters. The molecule has 0 N–H and O–H groups in total. The second-order valence-corrected chi connectivity index (χ2v) is 9.92. The van der Waals surface area contributed by atoms with Gasteiger partial charge in [0.25, 0.3) is 10.0 Å². The summed E-state index contributed by atoms with van der Waals surface area (Å²) in [7, 11) is -2.57. The number of aryl methyl sites for hydroxylation is 1. The van der Waals surface area contributed by atoms with Gasteiger partial charge in [-0.25, -0.2) is 17.2 Å². The van der Waals surface area contributed by atoms with Crippen LogP contribution in [0.4, 0.5) is 0 Å². The van der Waals surface area contributed by atoms with Crippen LogP contribution in [-0.2, 0) is 19.6 Å². The molecule has 3 aromatic carbocycles. The molecule has 0 aliphatic heterocycles. The minimum Gasteiger partial charge on any atom is -0.467 e. The van der Waals surface area contributed by atoms with Gasteiger partial charge in [-0.15, -0.1) is 0 Å². The Morgan fingerprint density at radius 1 is 0.971 bits per heavy atom. The van der Waals surface area contributed by atoms with E-state index in [0.717, 1.165) is 16.5 Å². The number of ether oxygens (including phenoxy) is 1. The quantitative estimate of drug-likeness (QED) is 0.283. The Morgan fingerprint density at radius 3 is 2.32 bits per heavy atom. The molecule has 4 aromatic rings. The average molecular weight is 475 g/mol. The number of carbonyl (C=O) groups is 1. The first-order valence-corrected chi connectivity index (χ1v) is 12.3. The molecule has 0 saturated carbocycles. The number of esters is 1. The molecule has 0 saturated heterocycles.